The molecule has 0 unspecified atom stereocenters. The highest BCUT2D eigenvalue weighted by molar-refractivity contribution is 6.15. The van der Waals surface area contributed by atoms with Crippen molar-refractivity contribution in [3.8, 4) is 11.1 Å². The van der Waals surface area contributed by atoms with Crippen molar-refractivity contribution in [2.45, 2.75) is 26.4 Å². The molecule has 0 aliphatic heterocycles. The number of methoxy groups -OCH3 is 1. The third-order valence-electron chi connectivity index (χ3n) is 4.88. The molecular weight excluding hydrogens is 464 g/mol. The molecule has 0 aliphatic rings. The maximum atomic E-state index is 13.1. The fourth-order valence-corrected chi connectivity index (χ4v) is 3.23. The van der Waals surface area contributed by atoms with Crippen LogP contribution in [-0.4, -0.2) is 40.2 Å². The SMILES string of the molecule is C=C(NC(=O)C(=C)n1cnc2c(-c3ccc(NC(=O)OC(C)(C)C)cc3)cccc2c1=O)C(=O)OC. The van der Waals surface area contributed by atoms with Crippen molar-refractivity contribution >= 4 is 40.3 Å². The van der Waals surface area contributed by atoms with Gasteiger partial charge in [-0.3, -0.25) is 19.5 Å². The number of ether oxygens (including phenoxy) is 2. The number of hydrogen-bond acceptors (Lipinski definition) is 7. The van der Waals surface area contributed by atoms with Gasteiger partial charge in [0.1, 0.15) is 23.3 Å². The number of benzene rings is 2. The minimum absolute atomic E-state index is 0.248. The van der Waals surface area contributed by atoms with Crippen LogP contribution in [0.3, 0.4) is 0 Å². The summed E-state index contributed by atoms with van der Waals surface area (Å²) in [7, 11) is 1.15. The average molecular weight is 491 g/mol. The van der Waals surface area contributed by atoms with Gasteiger partial charge >= 0.3 is 12.1 Å². The first-order valence-corrected chi connectivity index (χ1v) is 10.8. The molecule has 2 amide bonds. The van der Waals surface area contributed by atoms with E-state index in [2.05, 4.69) is 33.5 Å². The Labute approximate surface area is 207 Å². The molecule has 0 radical (unpaired) electrons. The Morgan fingerprint density at radius 1 is 1.03 bits per heavy atom. The molecule has 1 heterocycles. The standard InChI is InChI=1S/C26H26N4O6/c1-15(24(33)35-6)28-22(31)16(2)30-14-27-21-19(8-7-9-20(21)23(30)32)17-10-12-18(13-11-17)29-25(34)36-26(3,4)5/h7-14H,1-2H2,3-6H3,(H,28,31)(H,29,34). The van der Waals surface area contributed by atoms with Crippen molar-refractivity contribution in [3.63, 3.8) is 0 Å². The zero-order valence-corrected chi connectivity index (χ0v) is 20.4. The lowest BCUT2D eigenvalue weighted by Crippen LogP contribution is -2.32. The van der Waals surface area contributed by atoms with Gasteiger partial charge in [-0.25, -0.2) is 14.6 Å². The molecule has 0 saturated heterocycles. The van der Waals surface area contributed by atoms with Crippen LogP contribution >= 0.6 is 0 Å². The van der Waals surface area contributed by atoms with Gasteiger partial charge in [0, 0.05) is 11.3 Å². The number of aromatic nitrogens is 2. The zero-order chi connectivity index (χ0) is 26.6. The number of carbonyl (C=O) groups is 3. The van der Waals surface area contributed by atoms with E-state index in [9.17, 15) is 19.2 Å². The fraction of sp³-hybridized carbons (Fsp3) is 0.192. The third kappa shape index (κ3) is 5.84. The van der Waals surface area contributed by atoms with Gasteiger partial charge in [0.2, 0.25) is 0 Å². The number of hydrogen-bond donors (Lipinski definition) is 2. The fourth-order valence-electron chi connectivity index (χ4n) is 3.23. The summed E-state index contributed by atoms with van der Waals surface area (Å²) in [6.45, 7) is 12.4. The molecule has 0 aliphatic carbocycles. The van der Waals surface area contributed by atoms with Crippen molar-refractivity contribution in [1.82, 2.24) is 14.9 Å². The van der Waals surface area contributed by atoms with Gasteiger partial charge in [0.25, 0.3) is 11.5 Å². The van der Waals surface area contributed by atoms with E-state index < -0.39 is 29.1 Å². The van der Waals surface area contributed by atoms with E-state index in [0.717, 1.165) is 17.2 Å². The smallest absolute Gasteiger partial charge is 0.412 e. The summed E-state index contributed by atoms with van der Waals surface area (Å²) < 4.78 is 10.7. The molecule has 36 heavy (non-hydrogen) atoms. The maximum absolute atomic E-state index is 13.1. The largest absolute Gasteiger partial charge is 0.464 e. The highest BCUT2D eigenvalue weighted by Crippen LogP contribution is 2.27. The summed E-state index contributed by atoms with van der Waals surface area (Å²) in [4.78, 5) is 53.4. The first-order valence-electron chi connectivity index (χ1n) is 10.8. The van der Waals surface area contributed by atoms with Gasteiger partial charge in [0.05, 0.1) is 18.0 Å². The van der Waals surface area contributed by atoms with Crippen LogP contribution in [0.25, 0.3) is 27.7 Å². The number of fused-ring (bicyclic) bond motifs is 1. The predicted molar refractivity (Wildman–Crippen MR) is 136 cm³/mol. The quantitative estimate of drug-likeness (QED) is 0.398. The van der Waals surface area contributed by atoms with Gasteiger partial charge in [0.15, 0.2) is 0 Å². The Bertz CT molecular complexity index is 1430. The summed E-state index contributed by atoms with van der Waals surface area (Å²) in [6.07, 6.45) is 0.622. The summed E-state index contributed by atoms with van der Waals surface area (Å²) >= 11 is 0. The van der Waals surface area contributed by atoms with Crippen molar-refractivity contribution in [2.75, 3.05) is 12.4 Å². The predicted octanol–water partition coefficient (Wildman–Crippen LogP) is 3.68. The molecule has 2 aromatic carbocycles. The Balaban J connectivity index is 1.88. The number of rotatable bonds is 6. The van der Waals surface area contributed by atoms with Crippen LogP contribution in [0.1, 0.15) is 20.8 Å². The van der Waals surface area contributed by atoms with Crippen LogP contribution in [-0.2, 0) is 19.1 Å². The molecule has 3 rings (SSSR count). The molecule has 0 bridgehead atoms. The first kappa shape index (κ1) is 25.9. The van der Waals surface area contributed by atoms with Crippen molar-refractivity contribution in [1.29, 1.82) is 0 Å². The van der Waals surface area contributed by atoms with Crippen LogP contribution in [0.4, 0.5) is 10.5 Å². The van der Waals surface area contributed by atoms with Crippen LogP contribution in [0.5, 0.6) is 0 Å². The van der Waals surface area contributed by atoms with Gasteiger partial charge in [-0.1, -0.05) is 37.4 Å². The second kappa shape index (κ2) is 10.3. The van der Waals surface area contributed by atoms with E-state index in [0.29, 0.717) is 16.8 Å². The molecule has 0 fully saturated rings. The average Bonchev–Trinajstić information content (AvgIpc) is 2.82. The molecule has 3 aromatic rings. The number of nitrogens with one attached hydrogen (secondary N) is 2. The minimum Gasteiger partial charge on any atom is -0.464 e. The Kier molecular flexibility index (Phi) is 7.38. The molecule has 1 aromatic heterocycles. The molecule has 0 atom stereocenters. The minimum atomic E-state index is -0.822. The number of amides is 2. The highest BCUT2D eigenvalue weighted by atomic mass is 16.6. The molecule has 0 spiro atoms. The molecule has 186 valence electrons. The van der Waals surface area contributed by atoms with Crippen LogP contribution in [0.2, 0.25) is 0 Å². The number of para-hydroxylation sites is 1. The monoisotopic (exact) mass is 490 g/mol. The third-order valence-corrected chi connectivity index (χ3v) is 4.88. The van der Waals surface area contributed by atoms with Gasteiger partial charge in [-0.2, -0.15) is 0 Å². The van der Waals surface area contributed by atoms with E-state index in [1.54, 1.807) is 63.2 Å². The number of nitrogens with zero attached hydrogens (tertiary/aromatic N) is 2. The number of anilines is 1. The van der Waals surface area contributed by atoms with Crippen LogP contribution in [0.15, 0.2) is 72.4 Å². The van der Waals surface area contributed by atoms with Crippen molar-refractivity contribution in [2.24, 2.45) is 0 Å². The Morgan fingerprint density at radius 3 is 2.31 bits per heavy atom. The molecular formula is C26H26N4O6. The van der Waals surface area contributed by atoms with Crippen LogP contribution < -0.4 is 16.2 Å². The highest BCUT2D eigenvalue weighted by Gasteiger charge is 2.18. The van der Waals surface area contributed by atoms with Crippen LogP contribution in [0, 0.1) is 0 Å². The summed E-state index contributed by atoms with van der Waals surface area (Å²) in [5.74, 6) is -1.63. The summed E-state index contributed by atoms with van der Waals surface area (Å²) in [5, 5.41) is 5.16. The van der Waals surface area contributed by atoms with Crippen molar-refractivity contribution < 1.29 is 23.9 Å². The van der Waals surface area contributed by atoms with Crippen molar-refractivity contribution in [3.05, 3.63) is 78.0 Å². The molecule has 10 nitrogen and oxygen atoms in total. The van der Waals surface area contributed by atoms with Gasteiger partial charge < -0.3 is 14.8 Å². The van der Waals surface area contributed by atoms with Gasteiger partial charge in [-0.05, 0) is 44.5 Å². The Morgan fingerprint density at radius 2 is 1.69 bits per heavy atom. The zero-order valence-electron chi connectivity index (χ0n) is 20.4. The topological polar surface area (TPSA) is 129 Å². The first-order chi connectivity index (χ1) is 16.9. The number of carbonyl (C=O) groups excluding carboxylic acids is 3. The molecule has 2 N–H and O–H groups in total. The second-order valence-corrected chi connectivity index (χ2v) is 8.70. The van der Waals surface area contributed by atoms with E-state index in [1.807, 2.05) is 0 Å². The Hall–Kier alpha value is -4.73. The van der Waals surface area contributed by atoms with E-state index >= 15 is 0 Å². The van der Waals surface area contributed by atoms with E-state index in [1.165, 1.54) is 6.33 Å². The normalized spacial score (nSPS) is 10.9. The van der Waals surface area contributed by atoms with Gasteiger partial charge in [-0.15, -0.1) is 0 Å². The summed E-state index contributed by atoms with van der Waals surface area (Å²) in [5.41, 5.74) is 0.708. The second-order valence-electron chi connectivity index (χ2n) is 8.70. The van der Waals surface area contributed by atoms with E-state index in [-0.39, 0.29) is 16.8 Å². The lowest BCUT2D eigenvalue weighted by molar-refractivity contribution is -0.137. The summed E-state index contributed by atoms with van der Waals surface area (Å²) in [6, 6.07) is 12.1. The van der Waals surface area contributed by atoms with E-state index in [4.69, 9.17) is 4.74 Å². The maximum Gasteiger partial charge on any atom is 0.412 e. The molecule has 10 heteroatoms. The molecule has 0 saturated carbocycles. The number of esters is 1. The lowest BCUT2D eigenvalue weighted by atomic mass is 10.0. The lowest BCUT2D eigenvalue weighted by Gasteiger charge is -2.19.